The maximum absolute atomic E-state index is 13.7. The van der Waals surface area contributed by atoms with Crippen LogP contribution in [-0.2, 0) is 9.59 Å². The van der Waals surface area contributed by atoms with Crippen LogP contribution in [0.3, 0.4) is 0 Å². The molecule has 0 radical (unpaired) electrons. The third kappa shape index (κ3) is 2.94. The number of thioether (sulfide) groups is 1. The molecule has 1 amide bonds. The summed E-state index contributed by atoms with van der Waals surface area (Å²) in [5.74, 6) is 0.397. The topological polar surface area (TPSA) is 50.3 Å². The molecule has 1 aliphatic rings. The number of aromatic nitrogens is 1. The van der Waals surface area contributed by atoms with Crippen molar-refractivity contribution in [2.75, 3.05) is 17.2 Å². The van der Waals surface area contributed by atoms with Crippen LogP contribution in [0.25, 0.3) is 10.2 Å². The molecule has 4 nitrogen and oxygen atoms in total. The number of rotatable bonds is 3. The first-order valence-electron chi connectivity index (χ1n) is 6.53. The Morgan fingerprint density at radius 2 is 2.38 bits per heavy atom. The summed E-state index contributed by atoms with van der Waals surface area (Å²) in [4.78, 5) is 29.0. The van der Waals surface area contributed by atoms with Crippen molar-refractivity contribution in [1.82, 2.24) is 4.98 Å². The molecule has 21 heavy (non-hydrogen) atoms. The molecule has 0 aliphatic carbocycles. The van der Waals surface area contributed by atoms with E-state index < -0.39 is 0 Å². The molecule has 1 fully saturated rings. The van der Waals surface area contributed by atoms with Gasteiger partial charge in [0.1, 0.15) is 11.3 Å². The molecule has 2 heterocycles. The zero-order valence-electron chi connectivity index (χ0n) is 11.3. The second-order valence-corrected chi connectivity index (χ2v) is 7.17. The van der Waals surface area contributed by atoms with E-state index in [-0.39, 0.29) is 22.8 Å². The smallest absolute Gasteiger partial charge is 0.229 e. The van der Waals surface area contributed by atoms with Crippen molar-refractivity contribution in [3.05, 3.63) is 24.0 Å². The first kappa shape index (κ1) is 14.5. The number of carbonyl (C=O) groups is 2. The minimum absolute atomic E-state index is 0.0105. The van der Waals surface area contributed by atoms with Crippen molar-refractivity contribution in [3.63, 3.8) is 0 Å². The number of benzene rings is 1. The van der Waals surface area contributed by atoms with Gasteiger partial charge in [-0.15, -0.1) is 0 Å². The monoisotopic (exact) mass is 324 g/mol. The Morgan fingerprint density at radius 1 is 1.57 bits per heavy atom. The van der Waals surface area contributed by atoms with E-state index in [1.807, 2.05) is 0 Å². The average Bonchev–Trinajstić information content (AvgIpc) is 3.00. The van der Waals surface area contributed by atoms with Gasteiger partial charge >= 0.3 is 0 Å². The van der Waals surface area contributed by atoms with Crippen molar-refractivity contribution < 1.29 is 14.0 Å². The zero-order valence-corrected chi connectivity index (χ0v) is 13.0. The summed E-state index contributed by atoms with van der Waals surface area (Å²) in [6.07, 6.45) is 0.415. The van der Waals surface area contributed by atoms with Gasteiger partial charge in [0.05, 0.1) is 4.70 Å². The molecule has 110 valence electrons. The van der Waals surface area contributed by atoms with E-state index >= 15 is 0 Å². The Labute approximate surface area is 129 Å². The van der Waals surface area contributed by atoms with Gasteiger partial charge in [-0.25, -0.2) is 9.37 Å². The molecular weight excluding hydrogens is 311 g/mol. The molecule has 0 bridgehead atoms. The molecule has 1 aromatic heterocycles. The quantitative estimate of drug-likeness (QED) is 0.871. The van der Waals surface area contributed by atoms with Crippen LogP contribution in [0.5, 0.6) is 0 Å². The Hall–Kier alpha value is -1.47. The van der Waals surface area contributed by atoms with Crippen LogP contribution in [0.4, 0.5) is 9.52 Å². The highest BCUT2D eigenvalue weighted by Gasteiger charge is 2.32. The molecule has 0 N–H and O–H groups in total. The molecule has 1 saturated heterocycles. The van der Waals surface area contributed by atoms with Crippen LogP contribution in [0.1, 0.15) is 13.3 Å². The molecule has 1 aromatic carbocycles. The van der Waals surface area contributed by atoms with Gasteiger partial charge in [0.25, 0.3) is 0 Å². The highest BCUT2D eigenvalue weighted by molar-refractivity contribution is 8.13. The molecule has 1 aliphatic heterocycles. The van der Waals surface area contributed by atoms with Crippen LogP contribution in [0.2, 0.25) is 0 Å². The Kier molecular flexibility index (Phi) is 3.95. The van der Waals surface area contributed by atoms with E-state index in [0.717, 1.165) is 4.70 Å². The summed E-state index contributed by atoms with van der Waals surface area (Å²) in [5, 5.41) is 0.596. The van der Waals surface area contributed by atoms with Gasteiger partial charge in [0.2, 0.25) is 5.91 Å². The van der Waals surface area contributed by atoms with E-state index in [0.29, 0.717) is 29.4 Å². The number of para-hydroxylation sites is 1. The third-order valence-corrected chi connectivity index (χ3v) is 5.40. The standard InChI is InChI=1S/C14H13FN2O2S2/c1-8(18)20-7-9-5-12(19)17(6-9)14-16-13-10(15)3-2-4-11(13)21-14/h2-4,9H,5-7H2,1H3. The van der Waals surface area contributed by atoms with Crippen LogP contribution in [0.15, 0.2) is 18.2 Å². The second kappa shape index (κ2) is 5.73. The van der Waals surface area contributed by atoms with E-state index in [1.165, 1.54) is 36.1 Å². The van der Waals surface area contributed by atoms with Crippen molar-refractivity contribution in [2.24, 2.45) is 5.92 Å². The lowest BCUT2D eigenvalue weighted by atomic mass is 10.1. The van der Waals surface area contributed by atoms with Crippen LogP contribution in [-0.4, -0.2) is 28.3 Å². The third-order valence-electron chi connectivity index (χ3n) is 3.32. The number of halogens is 1. The highest BCUT2D eigenvalue weighted by atomic mass is 32.2. The molecule has 0 saturated carbocycles. The molecule has 3 rings (SSSR count). The number of hydrogen-bond acceptors (Lipinski definition) is 5. The van der Waals surface area contributed by atoms with Gasteiger partial charge in [-0.1, -0.05) is 29.2 Å². The van der Waals surface area contributed by atoms with Gasteiger partial charge in [-0.3, -0.25) is 14.5 Å². The molecule has 7 heteroatoms. The van der Waals surface area contributed by atoms with Gasteiger partial charge in [-0.2, -0.15) is 0 Å². The van der Waals surface area contributed by atoms with E-state index in [4.69, 9.17) is 0 Å². The van der Waals surface area contributed by atoms with Crippen LogP contribution in [0, 0.1) is 11.7 Å². The van der Waals surface area contributed by atoms with E-state index in [1.54, 1.807) is 17.0 Å². The summed E-state index contributed by atoms with van der Waals surface area (Å²) in [6.45, 7) is 2.07. The van der Waals surface area contributed by atoms with Gasteiger partial charge < -0.3 is 0 Å². The normalized spacial score (nSPS) is 18.7. The maximum Gasteiger partial charge on any atom is 0.229 e. The SMILES string of the molecule is CC(=O)SCC1CC(=O)N(c2nc3c(F)cccc3s2)C1. The van der Waals surface area contributed by atoms with Crippen LogP contribution < -0.4 is 4.90 Å². The fourth-order valence-corrected chi connectivity index (χ4v) is 4.03. The molecular formula is C14H13FN2O2S2. The molecule has 0 spiro atoms. The number of anilines is 1. The van der Waals surface area contributed by atoms with Crippen molar-refractivity contribution in [3.8, 4) is 0 Å². The number of nitrogens with zero attached hydrogens (tertiary/aromatic N) is 2. The summed E-state index contributed by atoms with van der Waals surface area (Å²) >= 11 is 2.56. The van der Waals surface area contributed by atoms with Gasteiger partial charge in [0, 0.05) is 25.6 Å². The minimum Gasteiger partial charge on any atom is -0.288 e. The predicted molar refractivity (Wildman–Crippen MR) is 83.2 cm³/mol. The fraction of sp³-hybridized carbons (Fsp3) is 0.357. The Bertz CT molecular complexity index is 716. The fourth-order valence-electron chi connectivity index (χ4n) is 2.33. The summed E-state index contributed by atoms with van der Waals surface area (Å²) < 4.78 is 14.4. The van der Waals surface area contributed by atoms with Gasteiger partial charge in [-0.05, 0) is 18.1 Å². The lowest BCUT2D eigenvalue weighted by Crippen LogP contribution is -2.24. The number of hydrogen-bond donors (Lipinski definition) is 0. The van der Waals surface area contributed by atoms with Crippen LogP contribution >= 0.6 is 23.1 Å². The van der Waals surface area contributed by atoms with Gasteiger partial charge in [0.15, 0.2) is 10.2 Å². The molecule has 2 aromatic rings. The number of fused-ring (bicyclic) bond motifs is 1. The second-order valence-electron chi connectivity index (χ2n) is 4.96. The van der Waals surface area contributed by atoms with Crippen molar-refractivity contribution in [1.29, 1.82) is 0 Å². The first-order valence-corrected chi connectivity index (χ1v) is 8.33. The highest BCUT2D eigenvalue weighted by Crippen LogP contribution is 2.34. The molecule has 1 unspecified atom stereocenters. The predicted octanol–water partition coefficient (Wildman–Crippen LogP) is 3.07. The van der Waals surface area contributed by atoms with E-state index in [9.17, 15) is 14.0 Å². The lowest BCUT2D eigenvalue weighted by Gasteiger charge is -2.12. The maximum atomic E-state index is 13.7. The number of carbonyl (C=O) groups excluding carboxylic acids is 2. The minimum atomic E-state index is -0.370. The average molecular weight is 324 g/mol. The zero-order chi connectivity index (χ0) is 15.0. The van der Waals surface area contributed by atoms with Crippen molar-refractivity contribution >= 4 is 49.5 Å². The van der Waals surface area contributed by atoms with E-state index in [2.05, 4.69) is 4.98 Å². The lowest BCUT2D eigenvalue weighted by molar-refractivity contribution is -0.117. The summed E-state index contributed by atoms with van der Waals surface area (Å²) in [7, 11) is 0. The summed E-state index contributed by atoms with van der Waals surface area (Å²) in [5.41, 5.74) is 0.312. The first-order chi connectivity index (χ1) is 10.0. The Balaban J connectivity index is 1.81. The Morgan fingerprint density at radius 3 is 3.10 bits per heavy atom. The number of thiazole rings is 1. The summed E-state index contributed by atoms with van der Waals surface area (Å²) in [6, 6.07) is 4.80. The van der Waals surface area contributed by atoms with Crippen molar-refractivity contribution in [2.45, 2.75) is 13.3 Å². The largest absolute Gasteiger partial charge is 0.288 e. The number of amides is 1. The molecule has 1 atom stereocenters.